The van der Waals surface area contributed by atoms with Crippen LogP contribution in [-0.4, -0.2) is 10.9 Å². The molecule has 3 rings (SSSR count). The van der Waals surface area contributed by atoms with E-state index in [2.05, 4.69) is 31.6 Å². The molecule has 122 valence electrons. The Morgan fingerprint density at radius 1 is 1.12 bits per heavy atom. The molecule has 1 aromatic carbocycles. The predicted molar refractivity (Wildman–Crippen MR) is 102 cm³/mol. The minimum absolute atomic E-state index is 0.0471. The van der Waals surface area contributed by atoms with Gasteiger partial charge in [-0.2, -0.15) is 11.3 Å². The lowest BCUT2D eigenvalue weighted by atomic mass is 10.1. The summed E-state index contributed by atoms with van der Waals surface area (Å²) in [7, 11) is 0. The molecule has 0 saturated heterocycles. The van der Waals surface area contributed by atoms with E-state index in [1.807, 2.05) is 47.8 Å². The minimum Gasteiger partial charge on any atom is -0.352 e. The first kappa shape index (κ1) is 16.9. The van der Waals surface area contributed by atoms with Gasteiger partial charge in [-0.05, 0) is 41.1 Å². The number of thiophene rings is 1. The maximum atomic E-state index is 12.2. The van der Waals surface area contributed by atoms with E-state index < -0.39 is 0 Å². The van der Waals surface area contributed by atoms with Crippen molar-refractivity contribution in [2.24, 2.45) is 0 Å². The SMILES string of the molecule is O=C(CCc1ccccc1Br)NCc1cccnc1-c1ccsc1. The van der Waals surface area contributed by atoms with Gasteiger partial charge in [0, 0.05) is 34.6 Å². The monoisotopic (exact) mass is 400 g/mol. The number of carbonyl (C=O) groups excluding carboxylic acids is 1. The second-order valence-corrected chi connectivity index (χ2v) is 7.03. The van der Waals surface area contributed by atoms with Crippen LogP contribution in [0, 0.1) is 0 Å². The van der Waals surface area contributed by atoms with E-state index in [4.69, 9.17) is 0 Å². The maximum Gasteiger partial charge on any atom is 0.220 e. The van der Waals surface area contributed by atoms with Crippen LogP contribution in [0.2, 0.25) is 0 Å². The van der Waals surface area contributed by atoms with Crippen molar-refractivity contribution in [1.29, 1.82) is 0 Å². The number of halogens is 1. The van der Waals surface area contributed by atoms with Crippen LogP contribution in [0.1, 0.15) is 17.5 Å². The van der Waals surface area contributed by atoms with E-state index in [9.17, 15) is 4.79 Å². The fourth-order valence-corrected chi connectivity index (χ4v) is 3.60. The summed E-state index contributed by atoms with van der Waals surface area (Å²) in [6, 6.07) is 13.9. The number of hydrogen-bond acceptors (Lipinski definition) is 3. The number of carbonyl (C=O) groups is 1. The third-order valence-corrected chi connectivity index (χ3v) is 5.20. The minimum atomic E-state index is 0.0471. The topological polar surface area (TPSA) is 42.0 Å². The molecular weight excluding hydrogens is 384 g/mol. The number of amides is 1. The van der Waals surface area contributed by atoms with E-state index in [-0.39, 0.29) is 5.91 Å². The summed E-state index contributed by atoms with van der Waals surface area (Å²) in [6.07, 6.45) is 2.97. The van der Waals surface area contributed by atoms with E-state index in [0.29, 0.717) is 13.0 Å². The Bertz CT molecular complexity index is 818. The zero-order chi connectivity index (χ0) is 16.8. The predicted octanol–water partition coefficient (Wildman–Crippen LogP) is 4.82. The van der Waals surface area contributed by atoms with E-state index in [0.717, 1.165) is 33.3 Å². The van der Waals surface area contributed by atoms with Crippen LogP contribution in [0.15, 0.2) is 63.9 Å². The highest BCUT2D eigenvalue weighted by Crippen LogP contribution is 2.23. The van der Waals surface area contributed by atoms with E-state index in [1.54, 1.807) is 17.5 Å². The van der Waals surface area contributed by atoms with Crippen LogP contribution in [0.3, 0.4) is 0 Å². The molecule has 0 spiro atoms. The van der Waals surface area contributed by atoms with Crippen LogP contribution in [-0.2, 0) is 17.8 Å². The Labute approximate surface area is 153 Å². The van der Waals surface area contributed by atoms with Crippen LogP contribution >= 0.6 is 27.3 Å². The van der Waals surface area contributed by atoms with Crippen molar-refractivity contribution < 1.29 is 4.79 Å². The van der Waals surface area contributed by atoms with Crippen LogP contribution in [0.25, 0.3) is 11.3 Å². The lowest BCUT2D eigenvalue weighted by molar-refractivity contribution is -0.121. The molecule has 3 nitrogen and oxygen atoms in total. The third kappa shape index (κ3) is 4.30. The molecule has 5 heteroatoms. The summed E-state index contributed by atoms with van der Waals surface area (Å²) in [4.78, 5) is 16.6. The molecule has 1 N–H and O–H groups in total. The van der Waals surface area contributed by atoms with Gasteiger partial charge in [-0.15, -0.1) is 0 Å². The Balaban J connectivity index is 1.58. The van der Waals surface area contributed by atoms with E-state index >= 15 is 0 Å². The molecule has 0 fully saturated rings. The Morgan fingerprint density at radius 3 is 2.75 bits per heavy atom. The van der Waals surface area contributed by atoms with Crippen molar-refractivity contribution in [2.45, 2.75) is 19.4 Å². The number of aromatic nitrogens is 1. The fraction of sp³-hybridized carbons (Fsp3) is 0.158. The first-order chi connectivity index (χ1) is 11.7. The molecule has 0 bridgehead atoms. The van der Waals surface area contributed by atoms with Gasteiger partial charge in [0.2, 0.25) is 5.91 Å². The molecule has 0 aliphatic heterocycles. The van der Waals surface area contributed by atoms with Gasteiger partial charge in [-0.3, -0.25) is 9.78 Å². The average Bonchev–Trinajstić information content (AvgIpc) is 3.14. The van der Waals surface area contributed by atoms with Crippen LogP contribution < -0.4 is 5.32 Å². The largest absolute Gasteiger partial charge is 0.352 e. The molecule has 0 atom stereocenters. The molecule has 0 saturated carbocycles. The van der Waals surface area contributed by atoms with Gasteiger partial charge in [0.15, 0.2) is 0 Å². The van der Waals surface area contributed by atoms with Gasteiger partial charge in [0.05, 0.1) is 5.69 Å². The lowest BCUT2D eigenvalue weighted by Gasteiger charge is -2.09. The van der Waals surface area contributed by atoms with Crippen molar-refractivity contribution >= 4 is 33.2 Å². The molecule has 1 amide bonds. The summed E-state index contributed by atoms with van der Waals surface area (Å²) in [5, 5.41) is 7.10. The first-order valence-electron chi connectivity index (χ1n) is 7.70. The Kier molecular flexibility index (Phi) is 5.77. The smallest absolute Gasteiger partial charge is 0.220 e. The highest BCUT2D eigenvalue weighted by atomic mass is 79.9. The molecule has 2 aromatic heterocycles. The quantitative estimate of drug-likeness (QED) is 0.644. The molecule has 24 heavy (non-hydrogen) atoms. The highest BCUT2D eigenvalue weighted by Gasteiger charge is 2.09. The number of pyridine rings is 1. The molecule has 2 heterocycles. The molecule has 0 aliphatic carbocycles. The normalized spacial score (nSPS) is 10.5. The lowest BCUT2D eigenvalue weighted by Crippen LogP contribution is -2.23. The van der Waals surface area contributed by atoms with Crippen molar-refractivity contribution in [3.8, 4) is 11.3 Å². The van der Waals surface area contributed by atoms with Gasteiger partial charge in [-0.25, -0.2) is 0 Å². The number of hydrogen-bond donors (Lipinski definition) is 1. The molecule has 0 unspecified atom stereocenters. The molecule has 0 aliphatic rings. The van der Waals surface area contributed by atoms with Gasteiger partial charge in [-0.1, -0.05) is 40.2 Å². The van der Waals surface area contributed by atoms with Gasteiger partial charge in [0.1, 0.15) is 0 Å². The number of nitrogens with one attached hydrogen (secondary N) is 1. The van der Waals surface area contributed by atoms with Gasteiger partial charge < -0.3 is 5.32 Å². The Hall–Kier alpha value is -1.98. The standard InChI is InChI=1S/C19H17BrN2OS/c20-17-6-2-1-4-14(17)7-8-18(23)22-12-15-5-3-10-21-19(15)16-9-11-24-13-16/h1-6,9-11,13H,7-8,12H2,(H,22,23). The average molecular weight is 401 g/mol. The molecule has 0 radical (unpaired) electrons. The van der Waals surface area contributed by atoms with Gasteiger partial charge in [0.25, 0.3) is 0 Å². The Morgan fingerprint density at radius 2 is 1.96 bits per heavy atom. The number of aryl methyl sites for hydroxylation is 1. The van der Waals surface area contributed by atoms with Gasteiger partial charge >= 0.3 is 0 Å². The second-order valence-electron chi connectivity index (χ2n) is 5.39. The van der Waals surface area contributed by atoms with Crippen molar-refractivity contribution in [3.05, 3.63) is 75.0 Å². The van der Waals surface area contributed by atoms with Crippen LogP contribution in [0.5, 0.6) is 0 Å². The summed E-state index contributed by atoms with van der Waals surface area (Å²) < 4.78 is 1.05. The molecule has 3 aromatic rings. The molecular formula is C19H17BrN2OS. The number of nitrogens with zero attached hydrogens (tertiary/aromatic N) is 1. The number of benzene rings is 1. The zero-order valence-electron chi connectivity index (χ0n) is 13.0. The van der Waals surface area contributed by atoms with Crippen LogP contribution in [0.4, 0.5) is 0 Å². The summed E-state index contributed by atoms with van der Waals surface area (Å²) >= 11 is 5.16. The fourth-order valence-electron chi connectivity index (χ4n) is 2.47. The summed E-state index contributed by atoms with van der Waals surface area (Å²) in [6.45, 7) is 0.494. The summed E-state index contributed by atoms with van der Waals surface area (Å²) in [5.74, 6) is 0.0471. The van der Waals surface area contributed by atoms with Crippen molar-refractivity contribution in [2.75, 3.05) is 0 Å². The summed E-state index contributed by atoms with van der Waals surface area (Å²) in [5.41, 5.74) is 4.21. The zero-order valence-corrected chi connectivity index (χ0v) is 15.4. The second kappa shape index (κ2) is 8.22. The highest BCUT2D eigenvalue weighted by molar-refractivity contribution is 9.10. The maximum absolute atomic E-state index is 12.2. The van der Waals surface area contributed by atoms with E-state index in [1.165, 1.54) is 0 Å². The third-order valence-electron chi connectivity index (χ3n) is 3.74. The first-order valence-corrected chi connectivity index (χ1v) is 9.44. The van der Waals surface area contributed by atoms with Crippen molar-refractivity contribution in [3.63, 3.8) is 0 Å². The van der Waals surface area contributed by atoms with Crippen molar-refractivity contribution in [1.82, 2.24) is 10.3 Å². The number of rotatable bonds is 6.